The molecule has 1 saturated heterocycles. The van der Waals surface area contributed by atoms with E-state index >= 15 is 0 Å². The Morgan fingerprint density at radius 2 is 1.70 bits per heavy atom. The molecule has 1 fully saturated rings. The number of piperazine rings is 1. The van der Waals surface area contributed by atoms with E-state index in [0.717, 1.165) is 6.07 Å². The number of para-hydroxylation sites is 1. The van der Waals surface area contributed by atoms with Crippen LogP contribution >= 0.6 is 0 Å². The van der Waals surface area contributed by atoms with Gasteiger partial charge < -0.3 is 20.9 Å². The zero-order chi connectivity index (χ0) is 19.6. The molecule has 0 radical (unpaired) electrons. The number of amides is 3. The second-order valence-corrected chi connectivity index (χ2v) is 5.75. The van der Waals surface area contributed by atoms with E-state index in [1.165, 1.54) is 28.0 Å². The molecule has 0 spiro atoms. The third-order valence-corrected chi connectivity index (χ3v) is 4.04. The Bertz CT molecular complexity index is 845. The predicted octanol–water partition coefficient (Wildman–Crippen LogP) is 1.66. The van der Waals surface area contributed by atoms with Crippen molar-refractivity contribution in [1.29, 1.82) is 0 Å². The number of nitrogen functional groups attached to an aromatic ring is 1. The van der Waals surface area contributed by atoms with Crippen LogP contribution in [0.5, 0.6) is 0 Å². The van der Waals surface area contributed by atoms with Crippen LogP contribution in [0.3, 0.4) is 0 Å². The molecule has 0 aliphatic carbocycles. The van der Waals surface area contributed by atoms with E-state index in [-0.39, 0.29) is 43.4 Å². The van der Waals surface area contributed by atoms with Gasteiger partial charge in [0.25, 0.3) is 5.91 Å². The predicted molar refractivity (Wildman–Crippen MR) is 86.6 cm³/mol. The van der Waals surface area contributed by atoms with Gasteiger partial charge in [-0.15, -0.1) is 0 Å². The molecule has 2 heterocycles. The minimum atomic E-state index is -4.58. The number of hydrogen-bond acceptors (Lipinski definition) is 6. The first-order valence-electron chi connectivity index (χ1n) is 7.87. The molecule has 27 heavy (non-hydrogen) atoms. The molecule has 3 rings (SSSR count). The maximum Gasteiger partial charge on any atom is 0.418 e. The first-order valence-corrected chi connectivity index (χ1v) is 7.87. The summed E-state index contributed by atoms with van der Waals surface area (Å²) in [5.41, 5.74) is 4.11. The van der Waals surface area contributed by atoms with E-state index in [1.54, 1.807) is 0 Å². The molecule has 1 aromatic heterocycles. The average Bonchev–Trinajstić information content (AvgIpc) is 3.06. The highest BCUT2D eigenvalue weighted by molar-refractivity contribution is 5.96. The van der Waals surface area contributed by atoms with E-state index in [2.05, 4.69) is 20.3 Å². The molecule has 12 heteroatoms. The van der Waals surface area contributed by atoms with Crippen LogP contribution in [0.2, 0.25) is 0 Å². The topological polar surface area (TPSA) is 118 Å². The zero-order valence-electron chi connectivity index (χ0n) is 13.9. The molecular weight excluding hydrogens is 369 g/mol. The number of carbonyl (C=O) groups is 2. The van der Waals surface area contributed by atoms with Gasteiger partial charge in [-0.1, -0.05) is 12.1 Å². The Balaban J connectivity index is 1.61. The maximum absolute atomic E-state index is 13.0. The van der Waals surface area contributed by atoms with Crippen LogP contribution in [0.4, 0.5) is 29.5 Å². The number of urea groups is 1. The molecule has 0 saturated carbocycles. The molecule has 144 valence electrons. The smallest absolute Gasteiger partial charge is 0.379 e. The van der Waals surface area contributed by atoms with Crippen LogP contribution in [-0.4, -0.2) is 58.2 Å². The number of nitrogens with zero attached hydrogens (tertiary/aromatic N) is 4. The minimum absolute atomic E-state index is 0.119. The van der Waals surface area contributed by atoms with Crippen molar-refractivity contribution in [3.63, 3.8) is 0 Å². The van der Waals surface area contributed by atoms with E-state index in [1.807, 2.05) is 0 Å². The van der Waals surface area contributed by atoms with Gasteiger partial charge in [0.05, 0.1) is 11.3 Å². The number of hydrogen-bond donors (Lipinski definition) is 2. The molecule has 3 N–H and O–H groups in total. The quantitative estimate of drug-likeness (QED) is 0.813. The molecule has 1 aliphatic rings. The summed E-state index contributed by atoms with van der Waals surface area (Å²) in [4.78, 5) is 27.3. The van der Waals surface area contributed by atoms with Crippen molar-refractivity contribution < 1.29 is 27.4 Å². The Labute approximate surface area is 150 Å². The fourth-order valence-electron chi connectivity index (χ4n) is 2.64. The monoisotopic (exact) mass is 384 g/mol. The van der Waals surface area contributed by atoms with Crippen molar-refractivity contribution in [2.45, 2.75) is 6.18 Å². The van der Waals surface area contributed by atoms with Crippen LogP contribution in [0, 0.1) is 0 Å². The minimum Gasteiger partial charge on any atom is -0.379 e. The van der Waals surface area contributed by atoms with E-state index in [4.69, 9.17) is 5.73 Å². The van der Waals surface area contributed by atoms with Crippen LogP contribution in [0.15, 0.2) is 28.9 Å². The number of halogens is 3. The SMILES string of the molecule is Nc1nonc1C(=O)N1CCN(C(=O)Nc2ccccc2C(F)(F)F)CC1. The molecular formula is C15H15F3N6O3. The van der Waals surface area contributed by atoms with Crippen molar-refractivity contribution in [2.24, 2.45) is 0 Å². The highest BCUT2D eigenvalue weighted by Crippen LogP contribution is 2.34. The van der Waals surface area contributed by atoms with Gasteiger partial charge in [0.1, 0.15) is 0 Å². The van der Waals surface area contributed by atoms with Gasteiger partial charge in [-0.2, -0.15) is 13.2 Å². The highest BCUT2D eigenvalue weighted by Gasteiger charge is 2.34. The summed E-state index contributed by atoms with van der Waals surface area (Å²) in [7, 11) is 0. The number of anilines is 2. The summed E-state index contributed by atoms with van der Waals surface area (Å²) < 4.78 is 43.4. The summed E-state index contributed by atoms with van der Waals surface area (Å²) in [6, 6.07) is 4.04. The fourth-order valence-corrected chi connectivity index (χ4v) is 2.64. The number of alkyl halides is 3. The Morgan fingerprint density at radius 3 is 2.30 bits per heavy atom. The van der Waals surface area contributed by atoms with Crippen LogP contribution in [0.1, 0.15) is 16.1 Å². The van der Waals surface area contributed by atoms with Gasteiger partial charge in [-0.3, -0.25) is 4.79 Å². The largest absolute Gasteiger partial charge is 0.418 e. The van der Waals surface area contributed by atoms with Gasteiger partial charge in [-0.25, -0.2) is 9.42 Å². The Morgan fingerprint density at radius 1 is 1.07 bits per heavy atom. The molecule has 0 atom stereocenters. The number of rotatable bonds is 2. The van der Waals surface area contributed by atoms with Crippen molar-refractivity contribution in [1.82, 2.24) is 20.1 Å². The highest BCUT2D eigenvalue weighted by atomic mass is 19.4. The summed E-state index contributed by atoms with van der Waals surface area (Å²) in [6.07, 6.45) is -4.58. The third-order valence-electron chi connectivity index (χ3n) is 4.04. The van der Waals surface area contributed by atoms with Gasteiger partial charge in [0.15, 0.2) is 0 Å². The molecule has 1 aliphatic heterocycles. The molecule has 1 aromatic carbocycles. The van der Waals surface area contributed by atoms with Crippen LogP contribution in [-0.2, 0) is 6.18 Å². The van der Waals surface area contributed by atoms with Crippen LogP contribution in [0.25, 0.3) is 0 Å². The summed E-state index contributed by atoms with van der Waals surface area (Å²) in [6.45, 7) is 0.604. The lowest BCUT2D eigenvalue weighted by Gasteiger charge is -2.34. The second kappa shape index (κ2) is 7.13. The molecule has 0 bridgehead atoms. The van der Waals surface area contributed by atoms with Gasteiger partial charge >= 0.3 is 12.2 Å². The number of aromatic nitrogens is 2. The normalized spacial score (nSPS) is 14.9. The standard InChI is InChI=1S/C15H15F3N6O3/c16-15(17,18)9-3-1-2-4-10(9)20-14(26)24-7-5-23(6-8-24)13(25)11-12(19)22-27-21-11/h1-4H,5-8H2,(H2,19,22)(H,20,26). The van der Waals surface area contributed by atoms with E-state index < -0.39 is 23.7 Å². The lowest BCUT2D eigenvalue weighted by Crippen LogP contribution is -2.51. The first kappa shape index (κ1) is 18.5. The number of carbonyl (C=O) groups excluding carboxylic acids is 2. The second-order valence-electron chi connectivity index (χ2n) is 5.75. The molecule has 3 amide bonds. The lowest BCUT2D eigenvalue weighted by molar-refractivity contribution is -0.136. The molecule has 0 unspecified atom stereocenters. The molecule has 2 aromatic rings. The van der Waals surface area contributed by atoms with Gasteiger partial charge in [0, 0.05) is 26.2 Å². The first-order chi connectivity index (χ1) is 12.8. The van der Waals surface area contributed by atoms with Crippen molar-refractivity contribution >= 4 is 23.4 Å². The third kappa shape index (κ3) is 3.93. The van der Waals surface area contributed by atoms with Crippen molar-refractivity contribution in [2.75, 3.05) is 37.2 Å². The number of nitrogens with two attached hydrogens (primary N) is 1. The van der Waals surface area contributed by atoms with E-state index in [0.29, 0.717) is 0 Å². The van der Waals surface area contributed by atoms with Crippen molar-refractivity contribution in [3.8, 4) is 0 Å². The fraction of sp³-hybridized carbons (Fsp3) is 0.333. The summed E-state index contributed by atoms with van der Waals surface area (Å²) >= 11 is 0. The number of nitrogens with one attached hydrogen (secondary N) is 1. The van der Waals surface area contributed by atoms with Gasteiger partial charge in [-0.05, 0) is 22.4 Å². The lowest BCUT2D eigenvalue weighted by atomic mass is 10.1. The average molecular weight is 384 g/mol. The van der Waals surface area contributed by atoms with Crippen LogP contribution < -0.4 is 11.1 Å². The maximum atomic E-state index is 13.0. The zero-order valence-corrected chi connectivity index (χ0v) is 13.9. The Hall–Kier alpha value is -3.31. The summed E-state index contributed by atoms with van der Waals surface area (Å²) in [5.74, 6) is -0.625. The van der Waals surface area contributed by atoms with Gasteiger partial charge in [0.2, 0.25) is 11.5 Å². The number of benzene rings is 1. The molecule has 9 nitrogen and oxygen atoms in total. The van der Waals surface area contributed by atoms with E-state index in [9.17, 15) is 22.8 Å². The summed E-state index contributed by atoms with van der Waals surface area (Å²) in [5, 5.41) is 9.03. The Kier molecular flexibility index (Phi) is 4.88. The van der Waals surface area contributed by atoms with Crippen molar-refractivity contribution in [3.05, 3.63) is 35.5 Å².